The van der Waals surface area contributed by atoms with Gasteiger partial charge in [-0.2, -0.15) is 0 Å². The van der Waals surface area contributed by atoms with Gasteiger partial charge in [0.15, 0.2) is 0 Å². The second-order valence-electron chi connectivity index (χ2n) is 6.21. The van der Waals surface area contributed by atoms with Crippen molar-refractivity contribution in [3.8, 4) is 0 Å². The molecule has 0 aliphatic carbocycles. The largest absolute Gasteiger partial charge is 0.480 e. The van der Waals surface area contributed by atoms with Crippen LogP contribution >= 0.6 is 0 Å². The molecule has 2 fully saturated rings. The van der Waals surface area contributed by atoms with E-state index in [-0.39, 0.29) is 12.5 Å². The van der Waals surface area contributed by atoms with Crippen LogP contribution in [-0.4, -0.2) is 81.7 Å². The number of ether oxygens (including phenoxy) is 1. The number of aromatic nitrogens is 2. The fourth-order valence-corrected chi connectivity index (χ4v) is 3.35. The number of carboxylic acid groups (broad SMARTS) is 1. The van der Waals surface area contributed by atoms with Crippen LogP contribution in [0.15, 0.2) is 18.6 Å². The molecule has 8 nitrogen and oxygen atoms in total. The first kappa shape index (κ1) is 16.8. The zero-order valence-electron chi connectivity index (χ0n) is 13.6. The van der Waals surface area contributed by atoms with E-state index in [2.05, 4.69) is 9.97 Å². The number of carbonyl (C=O) groups excluding carboxylic acids is 1. The average molecular weight is 334 g/mol. The van der Waals surface area contributed by atoms with Crippen LogP contribution in [0.3, 0.4) is 0 Å². The van der Waals surface area contributed by atoms with E-state index in [0.29, 0.717) is 52.0 Å². The Balaban J connectivity index is 1.51. The second kappa shape index (κ2) is 7.23. The summed E-state index contributed by atoms with van der Waals surface area (Å²) >= 11 is 0. The lowest BCUT2D eigenvalue weighted by Crippen LogP contribution is -2.61. The van der Waals surface area contributed by atoms with Crippen LogP contribution in [0.1, 0.15) is 18.5 Å². The highest BCUT2D eigenvalue weighted by molar-refractivity contribution is 5.80. The molecule has 0 spiro atoms. The average Bonchev–Trinajstić information content (AvgIpc) is 3.12. The van der Waals surface area contributed by atoms with Gasteiger partial charge in [-0.3, -0.25) is 14.5 Å². The topological polar surface area (TPSA) is 95.9 Å². The molecule has 1 atom stereocenters. The molecule has 24 heavy (non-hydrogen) atoms. The van der Waals surface area contributed by atoms with E-state index >= 15 is 0 Å². The lowest BCUT2D eigenvalue weighted by atomic mass is 9.95. The molecule has 2 saturated heterocycles. The standard InChI is InChI=1S/C16H22N4O4/c21-14(2-1-13-3-5-17-12-18-13)19-6-8-20(9-7-19)16(15(22)23)4-10-24-11-16/h3,5,12H,1-2,4,6-11H2,(H,22,23). The Morgan fingerprint density at radius 2 is 2.08 bits per heavy atom. The smallest absolute Gasteiger partial charge is 0.326 e. The Morgan fingerprint density at radius 3 is 2.67 bits per heavy atom. The highest BCUT2D eigenvalue weighted by Gasteiger charge is 2.48. The maximum Gasteiger partial charge on any atom is 0.326 e. The van der Waals surface area contributed by atoms with E-state index in [4.69, 9.17) is 4.74 Å². The van der Waals surface area contributed by atoms with E-state index in [0.717, 1.165) is 5.69 Å². The Kier molecular flexibility index (Phi) is 5.06. The lowest BCUT2D eigenvalue weighted by molar-refractivity contribution is -0.154. The van der Waals surface area contributed by atoms with Crippen molar-refractivity contribution in [1.29, 1.82) is 0 Å². The van der Waals surface area contributed by atoms with Crippen molar-refractivity contribution < 1.29 is 19.4 Å². The minimum atomic E-state index is -0.921. The van der Waals surface area contributed by atoms with Crippen LogP contribution in [0.5, 0.6) is 0 Å². The number of nitrogens with zero attached hydrogens (tertiary/aromatic N) is 4. The van der Waals surface area contributed by atoms with E-state index in [1.807, 2.05) is 15.9 Å². The third-order valence-corrected chi connectivity index (χ3v) is 4.87. The van der Waals surface area contributed by atoms with Crippen molar-refractivity contribution in [3.05, 3.63) is 24.3 Å². The number of hydrogen-bond donors (Lipinski definition) is 1. The summed E-state index contributed by atoms with van der Waals surface area (Å²) in [5, 5.41) is 9.59. The molecule has 1 unspecified atom stereocenters. The van der Waals surface area contributed by atoms with Crippen molar-refractivity contribution in [3.63, 3.8) is 0 Å². The lowest BCUT2D eigenvalue weighted by Gasteiger charge is -2.42. The molecule has 0 radical (unpaired) electrons. The van der Waals surface area contributed by atoms with Crippen LogP contribution in [0, 0.1) is 0 Å². The van der Waals surface area contributed by atoms with Crippen molar-refractivity contribution in [1.82, 2.24) is 19.8 Å². The van der Waals surface area contributed by atoms with Crippen LogP contribution in [0.25, 0.3) is 0 Å². The highest BCUT2D eigenvalue weighted by Crippen LogP contribution is 2.28. The van der Waals surface area contributed by atoms with Crippen molar-refractivity contribution >= 4 is 11.9 Å². The molecule has 1 aromatic rings. The van der Waals surface area contributed by atoms with E-state index < -0.39 is 11.5 Å². The number of aliphatic carboxylic acids is 1. The molecular weight excluding hydrogens is 312 g/mol. The van der Waals surface area contributed by atoms with Gasteiger partial charge in [-0.25, -0.2) is 9.97 Å². The molecular formula is C16H22N4O4. The van der Waals surface area contributed by atoms with Gasteiger partial charge >= 0.3 is 5.97 Å². The molecule has 130 valence electrons. The molecule has 0 aromatic carbocycles. The summed E-state index contributed by atoms with van der Waals surface area (Å²) < 4.78 is 5.32. The van der Waals surface area contributed by atoms with Gasteiger partial charge in [-0.05, 0) is 12.5 Å². The summed E-state index contributed by atoms with van der Waals surface area (Å²) in [5.41, 5.74) is -0.0688. The fourth-order valence-electron chi connectivity index (χ4n) is 3.35. The van der Waals surface area contributed by atoms with Gasteiger partial charge in [-0.15, -0.1) is 0 Å². The van der Waals surface area contributed by atoms with Crippen LogP contribution in [-0.2, 0) is 20.7 Å². The highest BCUT2D eigenvalue weighted by atomic mass is 16.5. The maximum atomic E-state index is 12.3. The first-order valence-corrected chi connectivity index (χ1v) is 8.21. The molecule has 0 bridgehead atoms. The van der Waals surface area contributed by atoms with E-state index in [9.17, 15) is 14.7 Å². The second-order valence-corrected chi connectivity index (χ2v) is 6.21. The van der Waals surface area contributed by atoms with Crippen LogP contribution in [0.4, 0.5) is 0 Å². The molecule has 2 aliphatic heterocycles. The Morgan fingerprint density at radius 1 is 1.29 bits per heavy atom. The minimum Gasteiger partial charge on any atom is -0.480 e. The molecule has 3 rings (SSSR count). The predicted octanol–water partition coefficient (Wildman–Crippen LogP) is -0.203. The number of aryl methyl sites for hydroxylation is 1. The fraction of sp³-hybridized carbons (Fsp3) is 0.625. The minimum absolute atomic E-state index is 0.0836. The number of carboxylic acids is 1. The summed E-state index contributed by atoms with van der Waals surface area (Å²) in [6.45, 7) is 2.94. The summed E-state index contributed by atoms with van der Waals surface area (Å²) in [4.78, 5) is 35.8. The van der Waals surface area contributed by atoms with Gasteiger partial charge in [0.25, 0.3) is 0 Å². The number of piperazine rings is 1. The van der Waals surface area contributed by atoms with Gasteiger partial charge < -0.3 is 14.7 Å². The van der Waals surface area contributed by atoms with Crippen molar-refractivity contribution in [2.75, 3.05) is 39.4 Å². The zero-order chi connectivity index (χ0) is 17.0. The van der Waals surface area contributed by atoms with Crippen LogP contribution in [0.2, 0.25) is 0 Å². The molecule has 8 heteroatoms. The molecule has 1 amide bonds. The van der Waals surface area contributed by atoms with Gasteiger partial charge in [0, 0.05) is 57.5 Å². The quantitative estimate of drug-likeness (QED) is 0.796. The van der Waals surface area contributed by atoms with Crippen molar-refractivity contribution in [2.24, 2.45) is 0 Å². The summed E-state index contributed by atoms with van der Waals surface area (Å²) in [7, 11) is 0. The number of rotatable bonds is 5. The first-order valence-electron chi connectivity index (χ1n) is 8.21. The van der Waals surface area contributed by atoms with Gasteiger partial charge in [-0.1, -0.05) is 0 Å². The Labute approximate surface area is 140 Å². The van der Waals surface area contributed by atoms with Gasteiger partial charge in [0.2, 0.25) is 5.91 Å². The third-order valence-electron chi connectivity index (χ3n) is 4.87. The summed E-state index contributed by atoms with van der Waals surface area (Å²) in [5.74, 6) is -0.746. The molecule has 1 aromatic heterocycles. The number of carbonyl (C=O) groups is 2. The Bertz CT molecular complexity index is 581. The van der Waals surface area contributed by atoms with Crippen LogP contribution < -0.4 is 0 Å². The maximum absolute atomic E-state index is 12.3. The van der Waals surface area contributed by atoms with Gasteiger partial charge in [0.1, 0.15) is 11.9 Å². The Hall–Kier alpha value is -2.06. The van der Waals surface area contributed by atoms with E-state index in [1.54, 1.807) is 6.20 Å². The molecule has 3 heterocycles. The third kappa shape index (κ3) is 3.39. The molecule has 0 saturated carbocycles. The first-order chi connectivity index (χ1) is 11.6. The normalized spacial score (nSPS) is 24.9. The van der Waals surface area contributed by atoms with Crippen molar-refractivity contribution in [2.45, 2.75) is 24.8 Å². The predicted molar refractivity (Wildman–Crippen MR) is 84.3 cm³/mol. The number of amides is 1. The van der Waals surface area contributed by atoms with E-state index in [1.165, 1.54) is 6.33 Å². The number of hydrogen-bond acceptors (Lipinski definition) is 6. The van der Waals surface area contributed by atoms with Gasteiger partial charge in [0.05, 0.1) is 6.61 Å². The summed E-state index contributed by atoms with van der Waals surface area (Å²) in [6.07, 6.45) is 4.65. The molecule has 1 N–H and O–H groups in total. The summed E-state index contributed by atoms with van der Waals surface area (Å²) in [6, 6.07) is 1.81. The SMILES string of the molecule is O=C(CCc1ccncn1)N1CCN(C2(C(=O)O)CCOC2)CC1. The zero-order valence-corrected chi connectivity index (χ0v) is 13.6. The molecule has 2 aliphatic rings. The monoisotopic (exact) mass is 334 g/mol.